The molecule has 0 aliphatic heterocycles. The van der Waals surface area contributed by atoms with Crippen molar-refractivity contribution in [3.63, 3.8) is 0 Å². The van der Waals surface area contributed by atoms with Crippen LogP contribution in [0.3, 0.4) is 0 Å². The van der Waals surface area contributed by atoms with E-state index in [0.717, 1.165) is 0 Å². The minimum atomic E-state index is -1.07. The normalized spacial score (nSPS) is 14.8. The Morgan fingerprint density at radius 2 is 1.65 bits per heavy atom. The molecule has 0 saturated heterocycles. The highest BCUT2D eigenvalue weighted by atomic mass is 16.5. The van der Waals surface area contributed by atoms with Crippen molar-refractivity contribution in [3.8, 4) is 0 Å². The third-order valence-electron chi connectivity index (χ3n) is 2.07. The quantitative estimate of drug-likeness (QED) is 0.386. The van der Waals surface area contributed by atoms with Crippen LogP contribution >= 0.6 is 0 Å². The second-order valence-electron chi connectivity index (χ2n) is 4.05. The van der Waals surface area contributed by atoms with Crippen molar-refractivity contribution in [1.29, 1.82) is 0 Å². The molecular weight excluding hydrogens is 226 g/mol. The van der Waals surface area contributed by atoms with Gasteiger partial charge in [-0.2, -0.15) is 0 Å². The minimum absolute atomic E-state index is 0.256. The van der Waals surface area contributed by atoms with Crippen molar-refractivity contribution in [2.24, 2.45) is 0 Å². The lowest BCUT2D eigenvalue weighted by Gasteiger charge is -2.20. The molecule has 0 aromatic rings. The SMILES string of the molecule is COCCOCCOCCNCC(C)(O)CO. The summed E-state index contributed by atoms with van der Waals surface area (Å²) >= 11 is 0. The Morgan fingerprint density at radius 3 is 2.24 bits per heavy atom. The predicted octanol–water partition coefficient (Wildman–Crippen LogP) is -1.00. The highest BCUT2D eigenvalue weighted by molar-refractivity contribution is 4.73. The Morgan fingerprint density at radius 1 is 1.06 bits per heavy atom. The average molecular weight is 251 g/mol. The van der Waals surface area contributed by atoms with Crippen LogP contribution in [0, 0.1) is 0 Å². The molecule has 0 spiro atoms. The van der Waals surface area contributed by atoms with E-state index >= 15 is 0 Å². The van der Waals surface area contributed by atoms with E-state index in [1.54, 1.807) is 14.0 Å². The fourth-order valence-electron chi connectivity index (χ4n) is 1.02. The fraction of sp³-hybridized carbons (Fsp3) is 1.00. The standard InChI is InChI=1S/C11H25NO5/c1-11(14,10-13)9-12-3-4-16-7-8-17-6-5-15-2/h12-14H,3-10H2,1-2H3. The van der Waals surface area contributed by atoms with E-state index in [-0.39, 0.29) is 6.61 Å². The monoisotopic (exact) mass is 251 g/mol. The van der Waals surface area contributed by atoms with Gasteiger partial charge >= 0.3 is 0 Å². The molecule has 1 unspecified atom stereocenters. The van der Waals surface area contributed by atoms with Gasteiger partial charge in [0, 0.05) is 20.2 Å². The molecule has 0 aromatic heterocycles. The first-order chi connectivity index (χ1) is 8.12. The first kappa shape index (κ1) is 16.8. The number of aliphatic hydroxyl groups excluding tert-OH is 1. The zero-order valence-corrected chi connectivity index (χ0v) is 10.8. The van der Waals surface area contributed by atoms with Gasteiger partial charge in [0.05, 0.1) is 45.2 Å². The van der Waals surface area contributed by atoms with Crippen molar-refractivity contribution < 1.29 is 24.4 Å². The van der Waals surface area contributed by atoms with E-state index in [1.165, 1.54) is 0 Å². The van der Waals surface area contributed by atoms with Gasteiger partial charge in [-0.15, -0.1) is 0 Å². The third kappa shape index (κ3) is 12.0. The molecule has 0 aromatic carbocycles. The lowest BCUT2D eigenvalue weighted by Crippen LogP contribution is -2.41. The van der Waals surface area contributed by atoms with Gasteiger partial charge in [0.1, 0.15) is 0 Å². The molecule has 0 rings (SSSR count). The van der Waals surface area contributed by atoms with Gasteiger partial charge < -0.3 is 29.7 Å². The zero-order valence-electron chi connectivity index (χ0n) is 10.8. The Hall–Kier alpha value is -0.240. The summed E-state index contributed by atoms with van der Waals surface area (Å²) in [6.07, 6.45) is 0. The summed E-state index contributed by atoms with van der Waals surface area (Å²) in [6.45, 7) is 5.12. The van der Waals surface area contributed by atoms with Gasteiger partial charge in [-0.1, -0.05) is 0 Å². The molecule has 0 saturated carbocycles. The lowest BCUT2D eigenvalue weighted by molar-refractivity contribution is -0.000553. The van der Waals surface area contributed by atoms with Gasteiger partial charge in [0.15, 0.2) is 0 Å². The van der Waals surface area contributed by atoms with Gasteiger partial charge in [0.25, 0.3) is 0 Å². The Balaban J connectivity index is 3.09. The Bertz CT molecular complexity index is 166. The Labute approximate surface area is 103 Å². The molecule has 17 heavy (non-hydrogen) atoms. The molecule has 0 amide bonds. The van der Waals surface area contributed by atoms with Crippen molar-refractivity contribution in [1.82, 2.24) is 5.32 Å². The second kappa shape index (κ2) is 10.9. The van der Waals surface area contributed by atoms with E-state index in [4.69, 9.17) is 19.3 Å². The van der Waals surface area contributed by atoms with Crippen LogP contribution in [0.15, 0.2) is 0 Å². The van der Waals surface area contributed by atoms with Gasteiger partial charge in [-0.05, 0) is 6.92 Å². The van der Waals surface area contributed by atoms with E-state index in [1.807, 2.05) is 0 Å². The molecule has 6 heteroatoms. The summed E-state index contributed by atoms with van der Waals surface area (Å²) in [5, 5.41) is 21.2. The van der Waals surface area contributed by atoms with Crippen molar-refractivity contribution >= 4 is 0 Å². The number of methoxy groups -OCH3 is 1. The van der Waals surface area contributed by atoms with Crippen LogP contribution < -0.4 is 5.32 Å². The van der Waals surface area contributed by atoms with Gasteiger partial charge in [0.2, 0.25) is 0 Å². The largest absolute Gasteiger partial charge is 0.393 e. The topological polar surface area (TPSA) is 80.2 Å². The van der Waals surface area contributed by atoms with E-state index in [2.05, 4.69) is 5.32 Å². The maximum Gasteiger partial charge on any atom is 0.0972 e. The van der Waals surface area contributed by atoms with E-state index in [9.17, 15) is 5.11 Å². The molecule has 0 heterocycles. The minimum Gasteiger partial charge on any atom is -0.393 e. The van der Waals surface area contributed by atoms with Crippen LogP contribution in [0.2, 0.25) is 0 Å². The summed E-state index contributed by atoms with van der Waals surface area (Å²) < 4.78 is 15.3. The highest BCUT2D eigenvalue weighted by Crippen LogP contribution is 1.97. The second-order valence-corrected chi connectivity index (χ2v) is 4.05. The predicted molar refractivity (Wildman–Crippen MR) is 64.1 cm³/mol. The molecule has 0 bridgehead atoms. The first-order valence-corrected chi connectivity index (χ1v) is 5.81. The summed E-state index contributed by atoms with van der Waals surface area (Å²) in [4.78, 5) is 0. The number of rotatable bonds is 12. The fourth-order valence-corrected chi connectivity index (χ4v) is 1.02. The zero-order chi connectivity index (χ0) is 13.0. The van der Waals surface area contributed by atoms with Crippen LogP contribution in [0.25, 0.3) is 0 Å². The number of nitrogens with one attached hydrogen (secondary N) is 1. The maximum absolute atomic E-state index is 9.46. The molecule has 3 N–H and O–H groups in total. The summed E-state index contributed by atoms with van der Waals surface area (Å²) in [7, 11) is 1.63. The molecule has 1 atom stereocenters. The molecule has 0 fully saturated rings. The Kier molecular flexibility index (Phi) is 10.7. The average Bonchev–Trinajstić information content (AvgIpc) is 2.31. The first-order valence-electron chi connectivity index (χ1n) is 5.81. The lowest BCUT2D eigenvalue weighted by atomic mass is 10.1. The smallest absolute Gasteiger partial charge is 0.0972 e. The maximum atomic E-state index is 9.46. The molecule has 6 nitrogen and oxygen atoms in total. The van der Waals surface area contributed by atoms with E-state index in [0.29, 0.717) is 46.1 Å². The van der Waals surface area contributed by atoms with Crippen molar-refractivity contribution in [2.45, 2.75) is 12.5 Å². The van der Waals surface area contributed by atoms with Crippen LogP contribution in [-0.2, 0) is 14.2 Å². The van der Waals surface area contributed by atoms with Crippen LogP contribution in [-0.4, -0.2) is 75.7 Å². The van der Waals surface area contributed by atoms with Crippen molar-refractivity contribution in [2.75, 3.05) is 59.8 Å². The molecule has 104 valence electrons. The van der Waals surface area contributed by atoms with Gasteiger partial charge in [-0.25, -0.2) is 0 Å². The molecular formula is C11H25NO5. The summed E-state index contributed by atoms with van der Waals surface area (Å²) in [6, 6.07) is 0. The van der Waals surface area contributed by atoms with Crippen LogP contribution in [0.4, 0.5) is 0 Å². The molecule has 0 aliphatic carbocycles. The number of ether oxygens (including phenoxy) is 3. The molecule has 0 aliphatic rings. The van der Waals surface area contributed by atoms with Crippen molar-refractivity contribution in [3.05, 3.63) is 0 Å². The van der Waals surface area contributed by atoms with E-state index < -0.39 is 5.60 Å². The summed E-state index contributed by atoms with van der Waals surface area (Å²) in [5.41, 5.74) is -1.07. The number of hydrogen-bond acceptors (Lipinski definition) is 6. The summed E-state index contributed by atoms with van der Waals surface area (Å²) in [5.74, 6) is 0. The van der Waals surface area contributed by atoms with Crippen LogP contribution in [0.5, 0.6) is 0 Å². The van der Waals surface area contributed by atoms with Gasteiger partial charge in [-0.3, -0.25) is 0 Å². The number of aliphatic hydroxyl groups is 2. The third-order valence-corrected chi connectivity index (χ3v) is 2.07. The number of hydrogen-bond donors (Lipinski definition) is 3. The highest BCUT2D eigenvalue weighted by Gasteiger charge is 2.17. The molecule has 0 radical (unpaired) electrons. The van der Waals surface area contributed by atoms with Crippen LogP contribution in [0.1, 0.15) is 6.92 Å².